The van der Waals surface area contributed by atoms with Gasteiger partial charge in [0.15, 0.2) is 6.61 Å². The zero-order valence-electron chi connectivity index (χ0n) is 8.38. The molecular weight excluding hydrogens is 208 g/mol. The minimum Gasteiger partial charge on any atom is -0.471 e. The molecule has 0 aromatic carbocycles. The molecule has 2 nitrogen and oxygen atoms in total. The fourth-order valence-electron chi connectivity index (χ4n) is 0.829. The van der Waals surface area contributed by atoms with Gasteiger partial charge in [-0.2, -0.15) is 4.37 Å². The third kappa shape index (κ3) is 3.21. The molecule has 0 fully saturated rings. The summed E-state index contributed by atoms with van der Waals surface area (Å²) >= 11 is 1.29. The Kier molecular flexibility index (Phi) is 3.42. The second-order valence-corrected chi connectivity index (χ2v) is 4.79. The summed E-state index contributed by atoms with van der Waals surface area (Å²) in [6.45, 7) is 5.53. The van der Waals surface area contributed by atoms with E-state index >= 15 is 0 Å². The summed E-state index contributed by atoms with van der Waals surface area (Å²) in [4.78, 5) is 1.03. The van der Waals surface area contributed by atoms with Crippen molar-refractivity contribution in [3.63, 3.8) is 0 Å². The Morgan fingerprint density at radius 2 is 2.14 bits per heavy atom. The van der Waals surface area contributed by atoms with Crippen LogP contribution < -0.4 is 4.74 Å². The molecule has 0 aliphatic rings. The van der Waals surface area contributed by atoms with Crippen molar-refractivity contribution in [2.24, 2.45) is 0 Å². The number of hydrogen-bond donors (Lipinski definition) is 0. The molecule has 1 aromatic heterocycles. The molecule has 0 unspecified atom stereocenters. The monoisotopic (exact) mass is 221 g/mol. The molecule has 0 N–H and O–H groups in total. The number of aromatic nitrogens is 1. The molecule has 0 radical (unpaired) electrons. The second kappa shape index (κ2) is 4.21. The number of nitrogens with zero attached hydrogens (tertiary/aromatic N) is 1. The van der Waals surface area contributed by atoms with Crippen molar-refractivity contribution in [2.75, 3.05) is 6.61 Å². The summed E-state index contributed by atoms with van der Waals surface area (Å²) < 4.78 is 32.4. The Balaban J connectivity index is 2.60. The molecule has 0 atom stereocenters. The van der Waals surface area contributed by atoms with Crippen LogP contribution in [-0.4, -0.2) is 17.4 Å². The predicted molar refractivity (Wildman–Crippen MR) is 52.3 cm³/mol. The van der Waals surface area contributed by atoms with E-state index in [4.69, 9.17) is 4.74 Å². The van der Waals surface area contributed by atoms with Gasteiger partial charge < -0.3 is 4.74 Å². The van der Waals surface area contributed by atoms with E-state index in [1.165, 1.54) is 11.5 Å². The molecule has 0 aliphatic carbocycles. The van der Waals surface area contributed by atoms with Crippen LogP contribution in [0.1, 0.15) is 25.6 Å². The summed E-state index contributed by atoms with van der Waals surface area (Å²) in [6.07, 6.45) is -2.45. The highest BCUT2D eigenvalue weighted by Gasteiger charge is 2.18. The quantitative estimate of drug-likeness (QED) is 0.782. The lowest BCUT2D eigenvalue weighted by atomic mass is 9.95. The highest BCUT2D eigenvalue weighted by molar-refractivity contribution is 7.06. The Morgan fingerprint density at radius 1 is 1.50 bits per heavy atom. The molecule has 0 amide bonds. The number of ether oxygens (including phenoxy) is 1. The Labute approximate surface area is 86.1 Å². The topological polar surface area (TPSA) is 22.1 Å². The molecule has 80 valence electrons. The van der Waals surface area contributed by atoms with E-state index in [1.807, 2.05) is 20.8 Å². The second-order valence-electron chi connectivity index (χ2n) is 3.98. The van der Waals surface area contributed by atoms with Crippen LogP contribution in [0.3, 0.4) is 0 Å². The van der Waals surface area contributed by atoms with Gasteiger partial charge >= 0.3 is 0 Å². The number of alkyl halides is 2. The highest BCUT2D eigenvalue weighted by Crippen LogP contribution is 2.29. The highest BCUT2D eigenvalue weighted by atomic mass is 32.1. The first-order valence-electron chi connectivity index (χ1n) is 4.28. The van der Waals surface area contributed by atoms with Gasteiger partial charge in [0, 0.05) is 10.9 Å². The smallest absolute Gasteiger partial charge is 0.272 e. The molecule has 5 heteroatoms. The van der Waals surface area contributed by atoms with Crippen LogP contribution in [0, 0.1) is 0 Å². The number of halogens is 2. The molecule has 0 bridgehead atoms. The maximum Gasteiger partial charge on any atom is 0.272 e. The largest absolute Gasteiger partial charge is 0.471 e. The molecule has 14 heavy (non-hydrogen) atoms. The molecule has 0 aliphatic heterocycles. The van der Waals surface area contributed by atoms with Crippen LogP contribution in [0.25, 0.3) is 0 Å². The van der Waals surface area contributed by atoms with E-state index in [2.05, 4.69) is 4.37 Å². The Hall–Kier alpha value is -0.710. The fourth-order valence-corrected chi connectivity index (χ4v) is 1.55. The molecule has 1 rings (SSSR count). The average molecular weight is 221 g/mol. The van der Waals surface area contributed by atoms with Gasteiger partial charge in [0.05, 0.1) is 0 Å². The summed E-state index contributed by atoms with van der Waals surface area (Å²) in [6, 6.07) is 1.72. The van der Waals surface area contributed by atoms with E-state index in [1.54, 1.807) is 6.07 Å². The average Bonchev–Trinajstić information content (AvgIpc) is 2.47. The summed E-state index contributed by atoms with van der Waals surface area (Å²) in [5, 5.41) is 0. The normalized spacial score (nSPS) is 12.1. The van der Waals surface area contributed by atoms with Crippen molar-refractivity contribution in [2.45, 2.75) is 32.6 Å². The van der Waals surface area contributed by atoms with Gasteiger partial charge in [0.25, 0.3) is 6.43 Å². The zero-order valence-corrected chi connectivity index (χ0v) is 9.20. The minimum atomic E-state index is -2.45. The Morgan fingerprint density at radius 3 is 2.57 bits per heavy atom. The fraction of sp³-hybridized carbons (Fsp3) is 0.667. The van der Waals surface area contributed by atoms with Gasteiger partial charge in [0.1, 0.15) is 0 Å². The SMILES string of the molecule is CC(C)(C)c1cc(OCC(F)F)ns1. The van der Waals surface area contributed by atoms with Crippen molar-refractivity contribution in [3.05, 3.63) is 10.9 Å². The van der Waals surface area contributed by atoms with E-state index < -0.39 is 13.0 Å². The van der Waals surface area contributed by atoms with Crippen molar-refractivity contribution in [1.29, 1.82) is 0 Å². The van der Waals surface area contributed by atoms with Crippen molar-refractivity contribution < 1.29 is 13.5 Å². The summed E-state index contributed by atoms with van der Waals surface area (Å²) in [5.74, 6) is 0.292. The van der Waals surface area contributed by atoms with Crippen LogP contribution in [-0.2, 0) is 5.41 Å². The van der Waals surface area contributed by atoms with Gasteiger partial charge in [0.2, 0.25) is 5.88 Å². The summed E-state index contributed by atoms with van der Waals surface area (Å²) in [5.41, 5.74) is -0.00981. The first-order valence-corrected chi connectivity index (χ1v) is 5.05. The van der Waals surface area contributed by atoms with Gasteiger partial charge in [-0.15, -0.1) is 0 Å². The van der Waals surface area contributed by atoms with Gasteiger partial charge in [-0.05, 0) is 16.9 Å². The van der Waals surface area contributed by atoms with Crippen molar-refractivity contribution in [3.8, 4) is 5.88 Å². The molecule has 0 saturated carbocycles. The lowest BCUT2D eigenvalue weighted by Gasteiger charge is -2.13. The van der Waals surface area contributed by atoms with Gasteiger partial charge in [-0.3, -0.25) is 0 Å². The zero-order chi connectivity index (χ0) is 10.8. The van der Waals surface area contributed by atoms with Crippen LogP contribution in [0.5, 0.6) is 5.88 Å². The Bertz CT molecular complexity index is 293. The first-order chi connectivity index (χ1) is 6.39. The summed E-state index contributed by atoms with van der Waals surface area (Å²) in [7, 11) is 0. The molecule has 0 spiro atoms. The maximum absolute atomic E-state index is 11.8. The third-order valence-electron chi connectivity index (χ3n) is 1.58. The maximum atomic E-state index is 11.8. The van der Waals surface area contributed by atoms with Gasteiger partial charge in [-0.1, -0.05) is 20.8 Å². The predicted octanol–water partition coefficient (Wildman–Crippen LogP) is 3.08. The lowest BCUT2D eigenvalue weighted by molar-refractivity contribution is 0.0801. The van der Waals surface area contributed by atoms with Crippen LogP contribution in [0.4, 0.5) is 8.78 Å². The van der Waals surface area contributed by atoms with Crippen molar-refractivity contribution in [1.82, 2.24) is 4.37 Å². The van der Waals surface area contributed by atoms with Crippen LogP contribution >= 0.6 is 11.5 Å². The number of hydrogen-bond acceptors (Lipinski definition) is 3. The molecule has 1 heterocycles. The first kappa shape index (κ1) is 11.4. The van der Waals surface area contributed by atoms with Crippen LogP contribution in [0.2, 0.25) is 0 Å². The van der Waals surface area contributed by atoms with E-state index in [0.29, 0.717) is 5.88 Å². The van der Waals surface area contributed by atoms with E-state index in [9.17, 15) is 8.78 Å². The standard InChI is InChI=1S/C9H13F2NOS/c1-9(2,3)6-4-8(12-14-6)13-5-7(10)11/h4,7H,5H2,1-3H3. The lowest BCUT2D eigenvalue weighted by Crippen LogP contribution is -2.09. The van der Waals surface area contributed by atoms with Crippen LogP contribution in [0.15, 0.2) is 6.07 Å². The van der Waals surface area contributed by atoms with Gasteiger partial charge in [-0.25, -0.2) is 8.78 Å². The minimum absolute atomic E-state index is 0.00981. The number of rotatable bonds is 3. The molecule has 1 aromatic rings. The van der Waals surface area contributed by atoms with E-state index in [-0.39, 0.29) is 5.41 Å². The third-order valence-corrected chi connectivity index (χ3v) is 2.78. The van der Waals surface area contributed by atoms with E-state index in [0.717, 1.165) is 4.88 Å². The molecule has 0 saturated heterocycles. The molecular formula is C9H13F2NOS. The van der Waals surface area contributed by atoms with Crippen molar-refractivity contribution >= 4 is 11.5 Å².